The summed E-state index contributed by atoms with van der Waals surface area (Å²) in [6.45, 7) is 4.41. The maximum Gasteiger partial charge on any atom is 0.162 e. The number of aliphatic hydroxyl groups excluding tert-OH is 1. The van der Waals surface area contributed by atoms with Crippen molar-refractivity contribution < 1.29 is 9.84 Å². The lowest BCUT2D eigenvalue weighted by molar-refractivity contribution is 0.188. The summed E-state index contributed by atoms with van der Waals surface area (Å²) in [5, 5.41) is 9.27. The Labute approximate surface area is 205 Å². The van der Waals surface area contributed by atoms with E-state index in [0.717, 1.165) is 65.7 Å². The van der Waals surface area contributed by atoms with Crippen LogP contribution in [0.5, 0.6) is 5.75 Å². The van der Waals surface area contributed by atoms with Gasteiger partial charge in [0.1, 0.15) is 11.6 Å². The van der Waals surface area contributed by atoms with Crippen molar-refractivity contribution in [2.75, 3.05) is 51.3 Å². The van der Waals surface area contributed by atoms with Crippen molar-refractivity contribution in [3.05, 3.63) is 79.1 Å². The summed E-state index contributed by atoms with van der Waals surface area (Å²) in [5.74, 6) is 2.43. The minimum absolute atomic E-state index is 0.188. The minimum atomic E-state index is 0.188. The maximum atomic E-state index is 9.27. The molecule has 0 unspecified atom stereocenters. The Morgan fingerprint density at radius 2 is 1.54 bits per heavy atom. The number of anilines is 1. The molecule has 2 aromatic heterocycles. The topological polar surface area (TPSA) is 74.6 Å². The monoisotopic (exact) mass is 467 g/mol. The summed E-state index contributed by atoms with van der Waals surface area (Å²) >= 11 is 0. The van der Waals surface area contributed by atoms with Crippen LogP contribution in [-0.4, -0.2) is 71.4 Å². The van der Waals surface area contributed by atoms with Gasteiger partial charge in [0.2, 0.25) is 0 Å². The number of benzene rings is 2. The highest BCUT2D eigenvalue weighted by Gasteiger charge is 2.20. The fourth-order valence-corrected chi connectivity index (χ4v) is 4.32. The van der Waals surface area contributed by atoms with Gasteiger partial charge in [-0.1, -0.05) is 42.5 Å². The zero-order chi connectivity index (χ0) is 24.0. The predicted octanol–water partition coefficient (Wildman–Crippen LogP) is 4.00. The second kappa shape index (κ2) is 10.6. The summed E-state index contributed by atoms with van der Waals surface area (Å²) < 4.78 is 5.29. The Balaban J connectivity index is 1.51. The lowest BCUT2D eigenvalue weighted by atomic mass is 10.0. The lowest BCUT2D eigenvalue weighted by Crippen LogP contribution is -2.47. The van der Waals surface area contributed by atoms with Crippen molar-refractivity contribution in [1.29, 1.82) is 0 Å². The van der Waals surface area contributed by atoms with Gasteiger partial charge in [0.05, 0.1) is 19.4 Å². The number of hydrogen-bond acceptors (Lipinski definition) is 7. The SMILES string of the molecule is COc1ccc(-c2cncc(-c3cc(N4CCN(CCO)CC4)nc(-c4ccccc4)n3)c2)cc1. The highest BCUT2D eigenvalue weighted by Crippen LogP contribution is 2.29. The summed E-state index contributed by atoms with van der Waals surface area (Å²) in [7, 11) is 1.67. The summed E-state index contributed by atoms with van der Waals surface area (Å²) in [5.41, 5.74) is 4.85. The third-order valence-corrected chi connectivity index (χ3v) is 6.31. The number of β-amino-alcohol motifs (C(OH)–C–C–N with tert-alkyl or cyclic N) is 1. The van der Waals surface area contributed by atoms with Crippen LogP contribution in [-0.2, 0) is 0 Å². The van der Waals surface area contributed by atoms with Crippen molar-refractivity contribution in [3.63, 3.8) is 0 Å². The first-order valence-corrected chi connectivity index (χ1v) is 11.9. The molecule has 7 heteroatoms. The average Bonchev–Trinajstić information content (AvgIpc) is 2.94. The Morgan fingerprint density at radius 1 is 0.800 bits per heavy atom. The summed E-state index contributed by atoms with van der Waals surface area (Å²) in [4.78, 5) is 19.0. The normalized spacial score (nSPS) is 14.2. The molecule has 0 atom stereocenters. The van der Waals surface area contributed by atoms with Gasteiger partial charge in [-0.15, -0.1) is 0 Å². The molecule has 0 radical (unpaired) electrons. The molecule has 0 spiro atoms. The van der Waals surface area contributed by atoms with E-state index >= 15 is 0 Å². The molecule has 1 aliphatic rings. The van der Waals surface area contributed by atoms with Crippen LogP contribution in [0.4, 0.5) is 5.82 Å². The second-order valence-corrected chi connectivity index (χ2v) is 8.54. The van der Waals surface area contributed by atoms with Gasteiger partial charge in [-0.3, -0.25) is 9.88 Å². The first-order chi connectivity index (χ1) is 17.2. The number of hydrogen-bond donors (Lipinski definition) is 1. The molecule has 0 amide bonds. The fourth-order valence-electron chi connectivity index (χ4n) is 4.32. The Hall–Kier alpha value is -3.81. The second-order valence-electron chi connectivity index (χ2n) is 8.54. The van der Waals surface area contributed by atoms with Crippen molar-refractivity contribution >= 4 is 5.82 Å². The molecular weight excluding hydrogens is 438 g/mol. The Kier molecular flexibility index (Phi) is 6.97. The van der Waals surface area contributed by atoms with E-state index in [1.807, 2.05) is 67.0 Å². The molecule has 5 rings (SSSR count). The van der Waals surface area contributed by atoms with E-state index in [1.54, 1.807) is 7.11 Å². The zero-order valence-corrected chi connectivity index (χ0v) is 19.8. The predicted molar refractivity (Wildman–Crippen MR) is 138 cm³/mol. The highest BCUT2D eigenvalue weighted by molar-refractivity contribution is 5.73. The number of rotatable bonds is 7. The Bertz CT molecular complexity index is 1260. The van der Waals surface area contributed by atoms with Gasteiger partial charge in [-0.05, 0) is 23.8 Å². The van der Waals surface area contributed by atoms with Gasteiger partial charge in [0, 0.05) is 67.9 Å². The van der Waals surface area contributed by atoms with Gasteiger partial charge in [-0.2, -0.15) is 0 Å². The average molecular weight is 468 g/mol. The van der Waals surface area contributed by atoms with Gasteiger partial charge in [0.15, 0.2) is 5.82 Å². The molecule has 2 aromatic carbocycles. The summed E-state index contributed by atoms with van der Waals surface area (Å²) in [6, 6.07) is 22.2. The molecule has 1 fully saturated rings. The van der Waals surface area contributed by atoms with Crippen LogP contribution in [0.15, 0.2) is 79.1 Å². The van der Waals surface area contributed by atoms with Gasteiger partial charge in [-0.25, -0.2) is 9.97 Å². The van der Waals surface area contributed by atoms with Crippen LogP contribution in [0.2, 0.25) is 0 Å². The molecule has 35 heavy (non-hydrogen) atoms. The smallest absolute Gasteiger partial charge is 0.162 e. The van der Waals surface area contributed by atoms with E-state index < -0.39 is 0 Å². The van der Waals surface area contributed by atoms with E-state index in [-0.39, 0.29) is 6.61 Å². The first kappa shape index (κ1) is 23.0. The van der Waals surface area contributed by atoms with Gasteiger partial charge in [0.25, 0.3) is 0 Å². The largest absolute Gasteiger partial charge is 0.497 e. The van der Waals surface area contributed by atoms with E-state index in [9.17, 15) is 5.11 Å². The molecule has 0 bridgehead atoms. The van der Waals surface area contributed by atoms with Crippen molar-refractivity contribution in [3.8, 4) is 39.5 Å². The van der Waals surface area contributed by atoms with E-state index in [1.165, 1.54) is 0 Å². The number of piperazine rings is 1. The Morgan fingerprint density at radius 3 is 2.26 bits per heavy atom. The van der Waals surface area contributed by atoms with Crippen molar-refractivity contribution in [2.24, 2.45) is 0 Å². The third-order valence-electron chi connectivity index (χ3n) is 6.31. The van der Waals surface area contributed by atoms with Crippen LogP contribution in [0.3, 0.4) is 0 Å². The fraction of sp³-hybridized carbons (Fsp3) is 0.250. The molecular formula is C28H29N5O2. The molecule has 1 N–H and O–H groups in total. The molecule has 1 saturated heterocycles. The molecule has 3 heterocycles. The quantitative estimate of drug-likeness (QED) is 0.440. The number of ether oxygens (including phenoxy) is 1. The number of aromatic nitrogens is 3. The number of methoxy groups -OCH3 is 1. The standard InChI is InChI=1S/C28H29N5O2/c1-35-25-9-7-21(8-10-25)23-17-24(20-29-19-23)26-18-27(33-13-11-32(12-14-33)15-16-34)31-28(30-26)22-5-3-2-4-6-22/h2-10,17-20,34H,11-16H2,1H3. The zero-order valence-electron chi connectivity index (χ0n) is 19.8. The van der Waals surface area contributed by atoms with Gasteiger partial charge >= 0.3 is 0 Å². The first-order valence-electron chi connectivity index (χ1n) is 11.9. The molecule has 1 aliphatic heterocycles. The van der Waals surface area contributed by atoms with Gasteiger partial charge < -0.3 is 14.7 Å². The number of pyridine rings is 1. The molecule has 0 aliphatic carbocycles. The number of nitrogens with zero attached hydrogens (tertiary/aromatic N) is 5. The van der Waals surface area contributed by atoms with Crippen LogP contribution in [0, 0.1) is 0 Å². The van der Waals surface area contributed by atoms with Crippen molar-refractivity contribution in [2.45, 2.75) is 0 Å². The van der Waals surface area contributed by atoms with Crippen LogP contribution in [0.25, 0.3) is 33.8 Å². The minimum Gasteiger partial charge on any atom is -0.497 e. The van der Waals surface area contributed by atoms with Crippen molar-refractivity contribution in [1.82, 2.24) is 19.9 Å². The van der Waals surface area contributed by atoms with E-state index in [0.29, 0.717) is 12.4 Å². The van der Waals surface area contributed by atoms with E-state index in [2.05, 4.69) is 26.9 Å². The number of aliphatic hydroxyl groups is 1. The molecule has 0 saturated carbocycles. The molecule has 7 nitrogen and oxygen atoms in total. The maximum absolute atomic E-state index is 9.27. The van der Waals surface area contributed by atoms with Crippen LogP contribution in [0.1, 0.15) is 0 Å². The molecule has 4 aromatic rings. The highest BCUT2D eigenvalue weighted by atomic mass is 16.5. The lowest BCUT2D eigenvalue weighted by Gasteiger charge is -2.35. The third kappa shape index (κ3) is 5.31. The van der Waals surface area contributed by atoms with Crippen LogP contribution < -0.4 is 9.64 Å². The summed E-state index contributed by atoms with van der Waals surface area (Å²) in [6.07, 6.45) is 3.72. The van der Waals surface area contributed by atoms with Crippen LogP contribution >= 0.6 is 0 Å². The van der Waals surface area contributed by atoms with E-state index in [4.69, 9.17) is 14.7 Å². The molecule has 178 valence electrons.